The lowest BCUT2D eigenvalue weighted by Gasteiger charge is -2.13. The van der Waals surface area contributed by atoms with E-state index in [0.717, 1.165) is 24.7 Å². The van der Waals surface area contributed by atoms with E-state index in [1.165, 1.54) is 0 Å². The Morgan fingerprint density at radius 2 is 2.00 bits per heavy atom. The first-order valence-corrected chi connectivity index (χ1v) is 7.05. The van der Waals surface area contributed by atoms with Gasteiger partial charge in [-0.1, -0.05) is 18.2 Å². The summed E-state index contributed by atoms with van der Waals surface area (Å²) in [4.78, 5) is 0. The molecule has 0 atom stereocenters. The highest BCUT2D eigenvalue weighted by atomic mass is 32.2. The average Bonchev–Trinajstić information content (AvgIpc) is 2.85. The van der Waals surface area contributed by atoms with Gasteiger partial charge in [0.05, 0.1) is 17.5 Å². The Bertz CT molecular complexity index is 492. The van der Waals surface area contributed by atoms with Gasteiger partial charge in [0.25, 0.3) is 0 Å². The summed E-state index contributed by atoms with van der Waals surface area (Å²) in [6.45, 7) is 0. The highest BCUT2D eigenvalue weighted by Crippen LogP contribution is 2.39. The van der Waals surface area contributed by atoms with Crippen molar-refractivity contribution in [2.75, 3.05) is 11.0 Å². The number of aliphatic hydroxyl groups is 1. The minimum absolute atomic E-state index is 0.506. The van der Waals surface area contributed by atoms with Crippen LogP contribution in [-0.2, 0) is 16.4 Å². The molecule has 5 heteroatoms. The Hall–Kier alpha value is -1.07. The van der Waals surface area contributed by atoms with Crippen molar-refractivity contribution in [3.8, 4) is 0 Å². The molecule has 0 heterocycles. The van der Waals surface area contributed by atoms with E-state index < -0.39 is 15.6 Å². The lowest BCUT2D eigenvalue weighted by atomic mass is 10.1. The van der Waals surface area contributed by atoms with Crippen molar-refractivity contribution in [2.24, 2.45) is 0 Å². The van der Waals surface area contributed by atoms with Crippen LogP contribution < -0.4 is 4.72 Å². The van der Waals surface area contributed by atoms with Crippen LogP contribution in [0.15, 0.2) is 24.3 Å². The molecule has 2 rings (SSSR count). The molecule has 0 spiro atoms. The molecule has 0 saturated heterocycles. The number of hydrogen-bond donors (Lipinski definition) is 2. The third-order valence-corrected chi connectivity index (χ3v) is 3.25. The van der Waals surface area contributed by atoms with Crippen LogP contribution in [0.1, 0.15) is 18.4 Å². The van der Waals surface area contributed by atoms with Gasteiger partial charge in [-0.05, 0) is 24.5 Å². The summed E-state index contributed by atoms with van der Waals surface area (Å²) in [6, 6.07) is 7.16. The summed E-state index contributed by atoms with van der Waals surface area (Å²) >= 11 is 0. The lowest BCUT2D eigenvalue weighted by molar-refractivity contribution is 0.151. The van der Waals surface area contributed by atoms with Crippen molar-refractivity contribution in [3.05, 3.63) is 29.8 Å². The van der Waals surface area contributed by atoms with Crippen LogP contribution in [0.3, 0.4) is 0 Å². The molecule has 1 aliphatic rings. The predicted molar refractivity (Wildman–Crippen MR) is 62.8 cm³/mol. The normalized spacial score (nSPS) is 18.1. The summed E-state index contributed by atoms with van der Waals surface area (Å²) in [5.41, 5.74) is 0.785. The number of benzene rings is 1. The second-order valence-electron chi connectivity index (χ2n) is 4.43. The average molecular weight is 241 g/mol. The predicted octanol–water partition coefficient (Wildman–Crippen LogP) is 1.13. The van der Waals surface area contributed by atoms with Crippen molar-refractivity contribution in [3.63, 3.8) is 0 Å². The largest absolute Gasteiger partial charge is 0.390 e. The lowest BCUT2D eigenvalue weighted by Crippen LogP contribution is -2.15. The fraction of sp³-hybridized carbons (Fsp3) is 0.455. The van der Waals surface area contributed by atoms with Crippen molar-refractivity contribution in [1.29, 1.82) is 0 Å². The van der Waals surface area contributed by atoms with E-state index in [1.807, 2.05) is 12.1 Å². The molecular formula is C11H15NO3S. The van der Waals surface area contributed by atoms with Gasteiger partial charge in [-0.3, -0.25) is 4.72 Å². The summed E-state index contributed by atoms with van der Waals surface area (Å²) in [7, 11) is -3.27. The van der Waals surface area contributed by atoms with E-state index in [0.29, 0.717) is 12.1 Å². The topological polar surface area (TPSA) is 66.4 Å². The molecule has 0 amide bonds. The van der Waals surface area contributed by atoms with Crippen LogP contribution in [-0.4, -0.2) is 25.4 Å². The second kappa shape index (κ2) is 3.75. The van der Waals surface area contributed by atoms with E-state index in [1.54, 1.807) is 12.1 Å². The minimum atomic E-state index is -3.27. The van der Waals surface area contributed by atoms with Gasteiger partial charge in [0.1, 0.15) is 0 Å². The molecule has 0 radical (unpaired) electrons. The van der Waals surface area contributed by atoms with Crippen molar-refractivity contribution in [1.82, 2.24) is 0 Å². The van der Waals surface area contributed by atoms with Crippen LogP contribution in [0.5, 0.6) is 0 Å². The fourth-order valence-electron chi connectivity index (χ4n) is 1.65. The molecule has 4 nitrogen and oxygen atoms in total. The zero-order valence-corrected chi connectivity index (χ0v) is 9.92. The van der Waals surface area contributed by atoms with E-state index in [4.69, 9.17) is 0 Å². The quantitative estimate of drug-likeness (QED) is 0.830. The molecule has 1 aliphatic carbocycles. The molecule has 2 N–H and O–H groups in total. The summed E-state index contributed by atoms with van der Waals surface area (Å²) in [5, 5.41) is 9.83. The molecule has 1 saturated carbocycles. The maximum Gasteiger partial charge on any atom is 0.229 e. The Kier molecular flexibility index (Phi) is 2.67. The number of para-hydroxylation sites is 1. The number of nitrogens with one attached hydrogen (secondary N) is 1. The van der Waals surface area contributed by atoms with Crippen LogP contribution in [0.2, 0.25) is 0 Å². The Balaban J connectivity index is 2.23. The number of rotatable bonds is 4. The summed E-state index contributed by atoms with van der Waals surface area (Å²) in [5.74, 6) is 0. The first-order chi connectivity index (χ1) is 7.38. The molecule has 88 valence electrons. The Morgan fingerprint density at radius 3 is 2.56 bits per heavy atom. The van der Waals surface area contributed by atoms with Crippen LogP contribution in [0.25, 0.3) is 0 Å². The monoisotopic (exact) mass is 241 g/mol. The third kappa shape index (κ3) is 2.96. The van der Waals surface area contributed by atoms with Crippen molar-refractivity contribution < 1.29 is 13.5 Å². The van der Waals surface area contributed by atoms with Gasteiger partial charge in [-0.15, -0.1) is 0 Å². The molecule has 0 unspecified atom stereocenters. The molecular weight excluding hydrogens is 226 g/mol. The van der Waals surface area contributed by atoms with Crippen molar-refractivity contribution >= 4 is 15.7 Å². The van der Waals surface area contributed by atoms with Gasteiger partial charge in [-0.2, -0.15) is 0 Å². The maximum absolute atomic E-state index is 11.2. The molecule has 0 aromatic heterocycles. The van der Waals surface area contributed by atoms with Gasteiger partial charge in [0.2, 0.25) is 10.0 Å². The second-order valence-corrected chi connectivity index (χ2v) is 6.18. The summed E-state index contributed by atoms with van der Waals surface area (Å²) in [6.07, 6.45) is 3.21. The molecule has 1 aromatic carbocycles. The van der Waals surface area contributed by atoms with E-state index in [9.17, 15) is 13.5 Å². The number of hydrogen-bond acceptors (Lipinski definition) is 3. The third-order valence-electron chi connectivity index (χ3n) is 2.66. The van der Waals surface area contributed by atoms with Crippen molar-refractivity contribution in [2.45, 2.75) is 24.9 Å². The highest BCUT2D eigenvalue weighted by Gasteiger charge is 2.40. The van der Waals surface area contributed by atoms with E-state index in [-0.39, 0.29) is 0 Å². The smallest absolute Gasteiger partial charge is 0.229 e. The first-order valence-electron chi connectivity index (χ1n) is 5.16. The van der Waals surface area contributed by atoms with Gasteiger partial charge < -0.3 is 5.11 Å². The molecule has 1 fully saturated rings. The minimum Gasteiger partial charge on any atom is -0.390 e. The highest BCUT2D eigenvalue weighted by molar-refractivity contribution is 7.92. The molecule has 1 aromatic rings. The van der Waals surface area contributed by atoms with Crippen LogP contribution >= 0.6 is 0 Å². The molecule has 16 heavy (non-hydrogen) atoms. The SMILES string of the molecule is CS(=O)(=O)Nc1ccccc1CC1(O)CC1. The van der Waals surface area contributed by atoms with E-state index in [2.05, 4.69) is 4.72 Å². The van der Waals surface area contributed by atoms with Gasteiger partial charge in [0, 0.05) is 6.42 Å². The zero-order valence-electron chi connectivity index (χ0n) is 9.10. The maximum atomic E-state index is 11.2. The Morgan fingerprint density at radius 1 is 1.38 bits per heavy atom. The molecule has 0 aliphatic heterocycles. The number of anilines is 1. The van der Waals surface area contributed by atoms with Crippen LogP contribution in [0, 0.1) is 0 Å². The van der Waals surface area contributed by atoms with Gasteiger partial charge in [-0.25, -0.2) is 8.42 Å². The van der Waals surface area contributed by atoms with Crippen LogP contribution in [0.4, 0.5) is 5.69 Å². The van der Waals surface area contributed by atoms with Gasteiger partial charge in [0.15, 0.2) is 0 Å². The first kappa shape index (κ1) is 11.4. The zero-order chi connectivity index (χ0) is 11.8. The standard InChI is InChI=1S/C11H15NO3S/c1-16(14,15)12-10-5-3-2-4-9(10)8-11(13)6-7-11/h2-5,12-13H,6-8H2,1H3. The van der Waals surface area contributed by atoms with E-state index >= 15 is 0 Å². The summed E-state index contributed by atoms with van der Waals surface area (Å²) < 4.78 is 24.8. The van der Waals surface area contributed by atoms with Gasteiger partial charge >= 0.3 is 0 Å². The number of sulfonamides is 1. The molecule has 0 bridgehead atoms. The Labute approximate surface area is 95.4 Å². The fourth-order valence-corrected chi connectivity index (χ4v) is 2.25.